The Labute approximate surface area is 123 Å². The molecule has 2 heteroatoms. The van der Waals surface area contributed by atoms with Crippen molar-refractivity contribution in [3.8, 4) is 5.75 Å². The van der Waals surface area contributed by atoms with Gasteiger partial charge in [0.15, 0.2) is 0 Å². The molecule has 2 atom stereocenters. The standard InChI is InChI=1S/C18H29NO/c1-7-8-19-17(15-11-18(15,4)5)14-9-13(3)16(20-6)10-12(14)2/h9-10,15,17,19H,7-8,11H2,1-6H3. The maximum atomic E-state index is 5.44. The molecule has 2 nitrogen and oxygen atoms in total. The zero-order chi connectivity index (χ0) is 14.9. The fourth-order valence-corrected chi connectivity index (χ4v) is 3.21. The largest absolute Gasteiger partial charge is 0.496 e. The van der Waals surface area contributed by atoms with Gasteiger partial charge < -0.3 is 10.1 Å². The van der Waals surface area contributed by atoms with Crippen LogP contribution in [0.2, 0.25) is 0 Å². The summed E-state index contributed by atoms with van der Waals surface area (Å²) < 4.78 is 5.44. The Kier molecular flexibility index (Phi) is 4.43. The van der Waals surface area contributed by atoms with Gasteiger partial charge in [-0.3, -0.25) is 0 Å². The van der Waals surface area contributed by atoms with E-state index in [4.69, 9.17) is 4.74 Å². The average molecular weight is 275 g/mol. The maximum absolute atomic E-state index is 5.44. The smallest absolute Gasteiger partial charge is 0.122 e. The van der Waals surface area contributed by atoms with Crippen LogP contribution in [0.4, 0.5) is 0 Å². The van der Waals surface area contributed by atoms with E-state index >= 15 is 0 Å². The lowest BCUT2D eigenvalue weighted by Gasteiger charge is -2.24. The van der Waals surface area contributed by atoms with E-state index < -0.39 is 0 Å². The number of rotatable bonds is 6. The molecule has 0 aliphatic heterocycles. The van der Waals surface area contributed by atoms with E-state index in [0.717, 1.165) is 18.2 Å². The highest BCUT2D eigenvalue weighted by Crippen LogP contribution is 2.58. The van der Waals surface area contributed by atoms with Gasteiger partial charge in [-0.25, -0.2) is 0 Å². The van der Waals surface area contributed by atoms with Crippen molar-refractivity contribution in [2.24, 2.45) is 11.3 Å². The van der Waals surface area contributed by atoms with Crippen molar-refractivity contribution >= 4 is 0 Å². The van der Waals surface area contributed by atoms with Gasteiger partial charge >= 0.3 is 0 Å². The molecule has 0 bridgehead atoms. The Bertz CT molecular complexity index is 479. The molecule has 1 aromatic rings. The molecule has 0 amide bonds. The third-order valence-electron chi connectivity index (χ3n) is 4.72. The second-order valence-electron chi connectivity index (χ2n) is 6.91. The molecule has 1 saturated carbocycles. The molecule has 0 aromatic heterocycles. The second kappa shape index (κ2) is 5.77. The summed E-state index contributed by atoms with van der Waals surface area (Å²) in [6.45, 7) is 12.4. The Morgan fingerprint density at radius 1 is 1.30 bits per heavy atom. The van der Waals surface area contributed by atoms with Gasteiger partial charge in [0.05, 0.1) is 7.11 Å². The van der Waals surface area contributed by atoms with Crippen LogP contribution >= 0.6 is 0 Å². The van der Waals surface area contributed by atoms with Gasteiger partial charge in [-0.2, -0.15) is 0 Å². The van der Waals surface area contributed by atoms with Crippen LogP contribution < -0.4 is 10.1 Å². The summed E-state index contributed by atoms with van der Waals surface area (Å²) in [6.07, 6.45) is 2.50. The van der Waals surface area contributed by atoms with Crippen LogP contribution in [0, 0.1) is 25.2 Å². The summed E-state index contributed by atoms with van der Waals surface area (Å²) in [5.41, 5.74) is 4.50. The summed E-state index contributed by atoms with van der Waals surface area (Å²) in [5, 5.41) is 3.77. The average Bonchev–Trinajstić information content (AvgIpc) is 3.02. The first-order chi connectivity index (χ1) is 9.40. The number of hydrogen-bond acceptors (Lipinski definition) is 2. The predicted octanol–water partition coefficient (Wildman–Crippen LogP) is 4.40. The van der Waals surface area contributed by atoms with Crippen LogP contribution in [0.1, 0.15) is 56.3 Å². The van der Waals surface area contributed by atoms with Crippen molar-refractivity contribution in [1.82, 2.24) is 5.32 Å². The lowest BCUT2D eigenvalue weighted by molar-refractivity contribution is 0.404. The first-order valence-corrected chi connectivity index (χ1v) is 7.79. The van der Waals surface area contributed by atoms with E-state index in [2.05, 4.69) is 52.1 Å². The van der Waals surface area contributed by atoms with Crippen molar-refractivity contribution in [3.63, 3.8) is 0 Å². The van der Waals surface area contributed by atoms with Crippen molar-refractivity contribution in [2.75, 3.05) is 13.7 Å². The third-order valence-corrected chi connectivity index (χ3v) is 4.72. The van der Waals surface area contributed by atoms with Gasteiger partial charge in [-0.05, 0) is 67.3 Å². The van der Waals surface area contributed by atoms with Gasteiger partial charge in [0.1, 0.15) is 5.75 Å². The molecule has 2 unspecified atom stereocenters. The van der Waals surface area contributed by atoms with E-state index in [9.17, 15) is 0 Å². The number of benzene rings is 1. The molecule has 1 fully saturated rings. The van der Waals surface area contributed by atoms with Gasteiger partial charge in [-0.1, -0.05) is 26.8 Å². The minimum absolute atomic E-state index is 0.478. The first-order valence-electron chi connectivity index (χ1n) is 7.79. The highest BCUT2D eigenvalue weighted by atomic mass is 16.5. The summed E-state index contributed by atoms with van der Waals surface area (Å²) in [5.74, 6) is 1.75. The van der Waals surface area contributed by atoms with E-state index in [1.54, 1.807) is 7.11 Å². The Morgan fingerprint density at radius 2 is 1.95 bits per heavy atom. The van der Waals surface area contributed by atoms with Crippen LogP contribution in [0.3, 0.4) is 0 Å². The number of aryl methyl sites for hydroxylation is 2. The first kappa shape index (κ1) is 15.4. The Morgan fingerprint density at radius 3 is 2.45 bits per heavy atom. The van der Waals surface area contributed by atoms with E-state index in [-0.39, 0.29) is 0 Å². The number of methoxy groups -OCH3 is 1. The SMILES string of the molecule is CCCNC(c1cc(C)c(OC)cc1C)C1CC1(C)C. The second-order valence-corrected chi connectivity index (χ2v) is 6.91. The molecule has 112 valence electrons. The third kappa shape index (κ3) is 3.01. The molecular weight excluding hydrogens is 246 g/mol. The summed E-state index contributed by atoms with van der Waals surface area (Å²) in [4.78, 5) is 0. The Hall–Kier alpha value is -1.02. The molecule has 20 heavy (non-hydrogen) atoms. The van der Waals surface area contributed by atoms with Gasteiger partial charge in [0.2, 0.25) is 0 Å². The zero-order valence-electron chi connectivity index (χ0n) is 13.8. The molecule has 1 aliphatic carbocycles. The summed E-state index contributed by atoms with van der Waals surface area (Å²) >= 11 is 0. The monoisotopic (exact) mass is 275 g/mol. The van der Waals surface area contributed by atoms with Gasteiger partial charge in [-0.15, -0.1) is 0 Å². The highest BCUT2D eigenvalue weighted by molar-refractivity contribution is 5.43. The summed E-state index contributed by atoms with van der Waals surface area (Å²) in [7, 11) is 1.75. The fourth-order valence-electron chi connectivity index (χ4n) is 3.21. The molecule has 0 radical (unpaired) electrons. The molecule has 1 aromatic carbocycles. The molecule has 1 aliphatic rings. The number of hydrogen-bond donors (Lipinski definition) is 1. The maximum Gasteiger partial charge on any atom is 0.122 e. The summed E-state index contributed by atoms with van der Waals surface area (Å²) in [6, 6.07) is 4.98. The van der Waals surface area contributed by atoms with Crippen molar-refractivity contribution in [1.29, 1.82) is 0 Å². The zero-order valence-corrected chi connectivity index (χ0v) is 13.8. The van der Waals surface area contributed by atoms with Crippen molar-refractivity contribution in [3.05, 3.63) is 28.8 Å². The molecule has 1 N–H and O–H groups in total. The number of ether oxygens (including phenoxy) is 1. The van der Waals surface area contributed by atoms with Crippen LogP contribution in [0.5, 0.6) is 5.75 Å². The number of nitrogens with one attached hydrogen (secondary N) is 1. The molecule has 0 heterocycles. The van der Waals surface area contributed by atoms with Crippen LogP contribution in [0.15, 0.2) is 12.1 Å². The molecule has 0 spiro atoms. The van der Waals surface area contributed by atoms with Gasteiger partial charge in [0, 0.05) is 6.04 Å². The van der Waals surface area contributed by atoms with Gasteiger partial charge in [0.25, 0.3) is 0 Å². The van der Waals surface area contributed by atoms with Crippen LogP contribution in [0.25, 0.3) is 0 Å². The van der Waals surface area contributed by atoms with Crippen LogP contribution in [-0.4, -0.2) is 13.7 Å². The van der Waals surface area contributed by atoms with Crippen LogP contribution in [-0.2, 0) is 0 Å². The fraction of sp³-hybridized carbons (Fsp3) is 0.667. The lowest BCUT2D eigenvalue weighted by atomic mass is 9.92. The normalized spacial score (nSPS) is 21.6. The minimum atomic E-state index is 0.478. The predicted molar refractivity (Wildman–Crippen MR) is 85.4 cm³/mol. The quantitative estimate of drug-likeness (QED) is 0.831. The van der Waals surface area contributed by atoms with E-state index in [1.165, 1.54) is 29.5 Å². The molecule has 2 rings (SSSR count). The van der Waals surface area contributed by atoms with E-state index in [0.29, 0.717) is 11.5 Å². The minimum Gasteiger partial charge on any atom is -0.496 e. The molecule has 0 saturated heterocycles. The molecular formula is C18H29NO. The highest BCUT2D eigenvalue weighted by Gasteiger charge is 2.50. The van der Waals surface area contributed by atoms with E-state index in [1.807, 2.05) is 0 Å². The van der Waals surface area contributed by atoms with Crippen molar-refractivity contribution in [2.45, 2.75) is 53.5 Å². The Balaban J connectivity index is 2.31. The van der Waals surface area contributed by atoms with Crippen molar-refractivity contribution < 1.29 is 4.74 Å². The topological polar surface area (TPSA) is 21.3 Å². The lowest BCUT2D eigenvalue weighted by Crippen LogP contribution is -2.26.